The molecule has 0 aliphatic rings. The molecule has 4 aromatic heterocycles. The molecule has 6 heteroatoms. The monoisotopic (exact) mass is 407 g/mol. The van der Waals surface area contributed by atoms with Crippen LogP contribution in [0.3, 0.4) is 0 Å². The van der Waals surface area contributed by atoms with E-state index in [4.69, 9.17) is 4.42 Å². The van der Waals surface area contributed by atoms with Gasteiger partial charge in [0.1, 0.15) is 26.3 Å². The summed E-state index contributed by atoms with van der Waals surface area (Å²) < 4.78 is 6.00. The molecule has 0 aliphatic heterocycles. The van der Waals surface area contributed by atoms with Crippen molar-refractivity contribution in [1.29, 1.82) is 0 Å². The van der Waals surface area contributed by atoms with Crippen molar-refractivity contribution in [3.8, 4) is 10.6 Å². The average Bonchev–Trinajstić information content (AvgIpc) is 3.46. The van der Waals surface area contributed by atoms with Gasteiger partial charge in [-0.25, -0.2) is 0 Å². The summed E-state index contributed by atoms with van der Waals surface area (Å²) in [6.07, 6.45) is 0. The second kappa shape index (κ2) is 6.81. The van der Waals surface area contributed by atoms with Crippen molar-refractivity contribution in [2.45, 2.75) is 0 Å². The average molecular weight is 408 g/mol. The molecule has 3 nitrogen and oxygen atoms in total. The van der Waals surface area contributed by atoms with Crippen LogP contribution in [0.2, 0.25) is 0 Å². The number of benzene rings is 1. The summed E-state index contributed by atoms with van der Waals surface area (Å²) >= 11 is 5.01. The van der Waals surface area contributed by atoms with Gasteiger partial charge in [0.15, 0.2) is 5.43 Å². The first-order chi connectivity index (χ1) is 13.3. The summed E-state index contributed by atoms with van der Waals surface area (Å²) in [5.41, 5.74) is 0.596. The van der Waals surface area contributed by atoms with E-state index >= 15 is 0 Å². The van der Waals surface area contributed by atoms with Gasteiger partial charge in [-0.15, -0.1) is 34.0 Å². The molecule has 27 heavy (non-hydrogen) atoms. The normalized spacial score (nSPS) is 11.1. The van der Waals surface area contributed by atoms with Crippen LogP contribution in [0.4, 0.5) is 15.0 Å². The number of hydrogen-bond donors (Lipinski definition) is 0. The van der Waals surface area contributed by atoms with Crippen molar-refractivity contribution in [3.05, 3.63) is 87.7 Å². The second-order valence-electron chi connectivity index (χ2n) is 5.85. The van der Waals surface area contributed by atoms with E-state index in [0.717, 1.165) is 19.9 Å². The third-order valence-electron chi connectivity index (χ3n) is 4.14. The molecule has 5 rings (SSSR count). The largest absolute Gasteiger partial charge is 0.455 e. The number of para-hydroxylation sites is 1. The Morgan fingerprint density at radius 3 is 2.22 bits per heavy atom. The lowest BCUT2D eigenvalue weighted by Crippen LogP contribution is -2.04. The molecule has 0 saturated carbocycles. The van der Waals surface area contributed by atoms with E-state index in [2.05, 4.69) is 46.0 Å². The zero-order valence-electron chi connectivity index (χ0n) is 14.0. The zero-order chi connectivity index (χ0) is 18.2. The maximum absolute atomic E-state index is 12.4. The Kier molecular flexibility index (Phi) is 4.16. The number of anilines is 3. The van der Waals surface area contributed by atoms with Crippen LogP contribution in [-0.4, -0.2) is 0 Å². The van der Waals surface area contributed by atoms with E-state index in [1.54, 1.807) is 46.1 Å². The Morgan fingerprint density at radius 1 is 0.778 bits per heavy atom. The molecule has 0 N–H and O–H groups in total. The lowest BCUT2D eigenvalue weighted by atomic mass is 10.2. The number of fused-ring (bicyclic) bond motifs is 1. The molecular weight excluding hydrogens is 394 g/mol. The van der Waals surface area contributed by atoms with Gasteiger partial charge >= 0.3 is 0 Å². The minimum atomic E-state index is -0.0184. The SMILES string of the molecule is O=c1cc(-c2ccc(N(c3cccs3)c3cccs3)s2)oc2ccccc12. The fraction of sp³-hybridized carbons (Fsp3) is 0. The fourth-order valence-electron chi connectivity index (χ4n) is 2.93. The van der Waals surface area contributed by atoms with Gasteiger partial charge in [-0.3, -0.25) is 9.69 Å². The van der Waals surface area contributed by atoms with E-state index in [1.807, 2.05) is 24.3 Å². The number of rotatable bonds is 4. The van der Waals surface area contributed by atoms with Crippen LogP contribution in [0.25, 0.3) is 21.6 Å². The van der Waals surface area contributed by atoms with Crippen LogP contribution in [0.1, 0.15) is 0 Å². The molecular formula is C21H13NO2S3. The maximum Gasteiger partial charge on any atom is 0.193 e. The highest BCUT2D eigenvalue weighted by molar-refractivity contribution is 7.21. The minimum Gasteiger partial charge on any atom is -0.455 e. The van der Waals surface area contributed by atoms with Gasteiger partial charge in [-0.2, -0.15) is 0 Å². The van der Waals surface area contributed by atoms with Gasteiger partial charge < -0.3 is 4.42 Å². The smallest absolute Gasteiger partial charge is 0.193 e. The van der Waals surface area contributed by atoms with Crippen molar-refractivity contribution in [2.75, 3.05) is 4.90 Å². The van der Waals surface area contributed by atoms with Gasteiger partial charge in [0.05, 0.1) is 10.3 Å². The minimum absolute atomic E-state index is 0.0184. The zero-order valence-corrected chi connectivity index (χ0v) is 16.4. The highest BCUT2D eigenvalue weighted by Gasteiger charge is 2.18. The van der Waals surface area contributed by atoms with Crippen LogP contribution in [0.5, 0.6) is 0 Å². The van der Waals surface area contributed by atoms with Gasteiger partial charge in [0.25, 0.3) is 0 Å². The van der Waals surface area contributed by atoms with Crippen LogP contribution in [-0.2, 0) is 0 Å². The number of nitrogens with zero attached hydrogens (tertiary/aromatic N) is 1. The number of hydrogen-bond acceptors (Lipinski definition) is 6. The molecule has 4 heterocycles. The van der Waals surface area contributed by atoms with Crippen molar-refractivity contribution >= 4 is 60.0 Å². The molecule has 0 fully saturated rings. The summed E-state index contributed by atoms with van der Waals surface area (Å²) in [5, 5.41) is 8.17. The Hall–Kier alpha value is -2.67. The fourth-order valence-corrected chi connectivity index (χ4v) is 5.60. The van der Waals surface area contributed by atoms with Crippen molar-refractivity contribution < 1.29 is 4.42 Å². The van der Waals surface area contributed by atoms with Gasteiger partial charge in [-0.05, 0) is 59.3 Å². The molecule has 5 aromatic rings. The highest BCUT2D eigenvalue weighted by Crippen LogP contribution is 2.44. The van der Waals surface area contributed by atoms with E-state index in [0.29, 0.717) is 16.7 Å². The summed E-state index contributed by atoms with van der Waals surface area (Å²) in [6.45, 7) is 0. The predicted molar refractivity (Wildman–Crippen MR) is 116 cm³/mol. The van der Waals surface area contributed by atoms with Crippen LogP contribution in [0.15, 0.2) is 86.7 Å². The van der Waals surface area contributed by atoms with E-state index in [-0.39, 0.29) is 5.43 Å². The first-order valence-electron chi connectivity index (χ1n) is 8.30. The first-order valence-corrected chi connectivity index (χ1v) is 10.9. The van der Waals surface area contributed by atoms with Crippen molar-refractivity contribution in [1.82, 2.24) is 0 Å². The third kappa shape index (κ3) is 3.02. The van der Waals surface area contributed by atoms with Crippen LogP contribution >= 0.6 is 34.0 Å². The Bertz CT molecular complexity index is 1220. The molecule has 0 atom stereocenters. The first kappa shape index (κ1) is 16.5. The molecule has 0 aliphatic carbocycles. The molecule has 0 bridgehead atoms. The standard InChI is InChI=1S/C21H13NO2S3/c23-15-13-17(24-16-6-2-1-5-14(15)16)18-9-10-21(27-18)22(19-7-3-11-25-19)20-8-4-12-26-20/h1-13H. The lowest BCUT2D eigenvalue weighted by Gasteiger charge is -2.19. The van der Waals surface area contributed by atoms with Gasteiger partial charge in [0, 0.05) is 6.07 Å². The molecule has 1 aromatic carbocycles. The third-order valence-corrected chi connectivity index (χ3v) is 6.93. The Morgan fingerprint density at radius 2 is 1.52 bits per heavy atom. The lowest BCUT2D eigenvalue weighted by molar-refractivity contribution is 0.620. The van der Waals surface area contributed by atoms with E-state index in [1.165, 1.54) is 0 Å². The Labute approximate surface area is 167 Å². The van der Waals surface area contributed by atoms with Crippen molar-refractivity contribution in [3.63, 3.8) is 0 Å². The van der Waals surface area contributed by atoms with Crippen LogP contribution < -0.4 is 10.3 Å². The van der Waals surface area contributed by atoms with E-state index in [9.17, 15) is 4.79 Å². The summed E-state index contributed by atoms with van der Waals surface area (Å²) in [7, 11) is 0. The van der Waals surface area contributed by atoms with Gasteiger partial charge in [0.2, 0.25) is 0 Å². The summed E-state index contributed by atoms with van der Waals surface area (Å²) in [6, 6.07) is 21.4. The highest BCUT2D eigenvalue weighted by atomic mass is 32.1. The molecule has 132 valence electrons. The molecule has 0 unspecified atom stereocenters. The molecule has 0 amide bonds. The quantitative estimate of drug-likeness (QED) is 0.318. The second-order valence-corrected chi connectivity index (χ2v) is 8.76. The molecule has 0 saturated heterocycles. The number of thiophene rings is 3. The van der Waals surface area contributed by atoms with Crippen LogP contribution in [0, 0.1) is 0 Å². The maximum atomic E-state index is 12.4. The summed E-state index contributed by atoms with van der Waals surface area (Å²) in [5.74, 6) is 0.604. The predicted octanol–water partition coefficient (Wildman–Crippen LogP) is 7.11. The molecule has 0 radical (unpaired) electrons. The van der Waals surface area contributed by atoms with Crippen molar-refractivity contribution in [2.24, 2.45) is 0 Å². The summed E-state index contributed by atoms with van der Waals surface area (Å²) in [4.78, 5) is 15.6. The topological polar surface area (TPSA) is 33.5 Å². The Balaban J connectivity index is 1.61. The van der Waals surface area contributed by atoms with E-state index < -0.39 is 0 Å². The van der Waals surface area contributed by atoms with Gasteiger partial charge in [-0.1, -0.05) is 12.1 Å². The molecule has 0 spiro atoms.